The number of piperazine rings is 1. The number of carbonyl (C=O) groups is 1. The van der Waals surface area contributed by atoms with E-state index in [0.29, 0.717) is 24.8 Å². The average molecular weight is 452 g/mol. The zero-order valence-electron chi connectivity index (χ0n) is 20.1. The van der Waals surface area contributed by atoms with Crippen LogP contribution in [-0.4, -0.2) is 63.8 Å². The average Bonchev–Trinajstić information content (AvgIpc) is 2.85. The Bertz CT molecular complexity index is 891. The van der Waals surface area contributed by atoms with E-state index >= 15 is 0 Å². The number of hydrogen-bond donors (Lipinski definition) is 1. The van der Waals surface area contributed by atoms with Crippen LogP contribution in [0.2, 0.25) is 0 Å². The van der Waals surface area contributed by atoms with Crippen molar-refractivity contribution in [3.8, 4) is 11.5 Å². The van der Waals surface area contributed by atoms with Crippen LogP contribution < -0.4 is 19.7 Å². The normalized spacial score (nSPS) is 14.6. The smallest absolute Gasteiger partial charge is 0.243 e. The molecule has 1 N–H and O–H groups in total. The minimum absolute atomic E-state index is 0.0806. The van der Waals surface area contributed by atoms with Gasteiger partial charge in [0.2, 0.25) is 5.91 Å². The summed E-state index contributed by atoms with van der Waals surface area (Å²) in [5, 5.41) is 2.98. The predicted octanol–water partition coefficient (Wildman–Crippen LogP) is 4.07. The fraction of sp³-hybridized carbons (Fsp3) is 0.444. The molecule has 1 saturated heterocycles. The second-order valence-corrected chi connectivity index (χ2v) is 8.76. The number of nitrogens with zero attached hydrogens (tertiary/aromatic N) is 2. The SMILES string of the molecule is COc1cc(/C=C/C(=O)NCCCN2CCN(c3ccccc3)CC2)ccc1OCC(C)C. The number of hydrogen-bond acceptors (Lipinski definition) is 5. The van der Waals surface area contributed by atoms with Crippen LogP contribution in [0.3, 0.4) is 0 Å². The number of carbonyl (C=O) groups excluding carboxylic acids is 1. The zero-order valence-corrected chi connectivity index (χ0v) is 20.1. The Morgan fingerprint density at radius 3 is 2.52 bits per heavy atom. The second kappa shape index (κ2) is 12.9. The minimum Gasteiger partial charge on any atom is -0.493 e. The maximum Gasteiger partial charge on any atom is 0.243 e. The quantitative estimate of drug-likeness (QED) is 0.412. The summed E-state index contributed by atoms with van der Waals surface area (Å²) in [6.45, 7) is 10.7. The van der Waals surface area contributed by atoms with Crippen molar-refractivity contribution in [3.63, 3.8) is 0 Å². The number of anilines is 1. The molecule has 0 saturated carbocycles. The molecular weight excluding hydrogens is 414 g/mol. The van der Waals surface area contributed by atoms with Gasteiger partial charge < -0.3 is 19.7 Å². The summed E-state index contributed by atoms with van der Waals surface area (Å²) in [6.07, 6.45) is 4.32. The van der Waals surface area contributed by atoms with Crippen molar-refractivity contribution < 1.29 is 14.3 Å². The Labute approximate surface area is 198 Å². The highest BCUT2D eigenvalue weighted by Gasteiger charge is 2.16. The van der Waals surface area contributed by atoms with Gasteiger partial charge in [0, 0.05) is 44.5 Å². The fourth-order valence-corrected chi connectivity index (χ4v) is 3.78. The Hall–Kier alpha value is -2.99. The van der Waals surface area contributed by atoms with E-state index < -0.39 is 0 Å². The lowest BCUT2D eigenvalue weighted by atomic mass is 10.2. The Kier molecular flexibility index (Phi) is 9.63. The maximum atomic E-state index is 12.2. The van der Waals surface area contributed by atoms with Gasteiger partial charge in [0.1, 0.15) is 0 Å². The van der Waals surface area contributed by atoms with Crippen molar-refractivity contribution in [2.75, 3.05) is 57.9 Å². The first-order valence-corrected chi connectivity index (χ1v) is 11.8. The molecule has 0 aliphatic carbocycles. The Morgan fingerprint density at radius 2 is 1.82 bits per heavy atom. The number of rotatable bonds is 11. The summed E-state index contributed by atoms with van der Waals surface area (Å²) in [6, 6.07) is 16.3. The lowest BCUT2D eigenvalue weighted by Crippen LogP contribution is -2.47. The van der Waals surface area contributed by atoms with E-state index in [9.17, 15) is 4.79 Å². The summed E-state index contributed by atoms with van der Waals surface area (Å²) < 4.78 is 11.2. The van der Waals surface area contributed by atoms with E-state index in [1.54, 1.807) is 19.3 Å². The van der Waals surface area contributed by atoms with Crippen molar-refractivity contribution in [2.24, 2.45) is 5.92 Å². The minimum atomic E-state index is -0.0806. The Morgan fingerprint density at radius 1 is 1.06 bits per heavy atom. The summed E-state index contributed by atoms with van der Waals surface area (Å²) in [5.74, 6) is 1.75. The molecule has 0 bridgehead atoms. The predicted molar refractivity (Wildman–Crippen MR) is 135 cm³/mol. The molecule has 33 heavy (non-hydrogen) atoms. The molecule has 0 radical (unpaired) electrons. The van der Waals surface area contributed by atoms with Gasteiger partial charge in [0.05, 0.1) is 13.7 Å². The lowest BCUT2D eigenvalue weighted by molar-refractivity contribution is -0.116. The van der Waals surface area contributed by atoms with Crippen molar-refractivity contribution in [1.29, 1.82) is 0 Å². The number of nitrogens with one attached hydrogen (secondary N) is 1. The van der Waals surface area contributed by atoms with Crippen LogP contribution in [0.1, 0.15) is 25.8 Å². The van der Waals surface area contributed by atoms with Gasteiger partial charge in [-0.25, -0.2) is 0 Å². The van der Waals surface area contributed by atoms with Gasteiger partial charge in [0.25, 0.3) is 0 Å². The van der Waals surface area contributed by atoms with Crippen LogP contribution in [-0.2, 0) is 4.79 Å². The second-order valence-electron chi connectivity index (χ2n) is 8.76. The number of methoxy groups -OCH3 is 1. The summed E-state index contributed by atoms with van der Waals surface area (Å²) in [5.41, 5.74) is 2.20. The molecule has 6 heteroatoms. The molecule has 3 rings (SSSR count). The van der Waals surface area contributed by atoms with Crippen LogP contribution in [0.4, 0.5) is 5.69 Å². The standard InChI is InChI=1S/C27H37N3O3/c1-22(2)21-33-25-12-10-23(20-26(25)32-3)11-13-27(31)28-14-7-15-29-16-18-30(19-17-29)24-8-5-4-6-9-24/h4-6,8-13,20,22H,7,14-19,21H2,1-3H3,(H,28,31)/b13-11+. The lowest BCUT2D eigenvalue weighted by Gasteiger charge is -2.36. The molecule has 6 nitrogen and oxygen atoms in total. The van der Waals surface area contributed by atoms with Crippen LogP contribution >= 0.6 is 0 Å². The molecule has 2 aromatic carbocycles. The molecule has 0 unspecified atom stereocenters. The molecule has 1 aliphatic heterocycles. The van der Waals surface area contributed by atoms with Crippen LogP contribution in [0.5, 0.6) is 11.5 Å². The molecule has 0 atom stereocenters. The molecule has 178 valence electrons. The van der Waals surface area contributed by atoms with Crippen molar-refractivity contribution in [3.05, 3.63) is 60.2 Å². The van der Waals surface area contributed by atoms with E-state index in [0.717, 1.165) is 50.5 Å². The Balaban J connectivity index is 1.35. The van der Waals surface area contributed by atoms with Gasteiger partial charge in [-0.05, 0) is 54.8 Å². The first-order valence-electron chi connectivity index (χ1n) is 11.8. The van der Waals surface area contributed by atoms with Gasteiger partial charge in [-0.1, -0.05) is 38.1 Å². The molecule has 2 aromatic rings. The first kappa shape index (κ1) is 24.6. The third kappa shape index (κ3) is 8.13. The van der Waals surface area contributed by atoms with E-state index in [2.05, 4.69) is 59.3 Å². The third-order valence-electron chi connectivity index (χ3n) is 5.63. The molecule has 1 heterocycles. The van der Waals surface area contributed by atoms with Gasteiger partial charge in [-0.15, -0.1) is 0 Å². The molecular formula is C27H37N3O3. The first-order chi connectivity index (χ1) is 16.0. The van der Waals surface area contributed by atoms with Crippen LogP contribution in [0, 0.1) is 5.92 Å². The molecule has 1 fully saturated rings. The highest BCUT2D eigenvalue weighted by Crippen LogP contribution is 2.29. The maximum absolute atomic E-state index is 12.2. The number of para-hydroxylation sites is 1. The molecule has 0 aromatic heterocycles. The van der Waals surface area contributed by atoms with E-state index in [1.165, 1.54) is 5.69 Å². The summed E-state index contributed by atoms with van der Waals surface area (Å²) in [4.78, 5) is 17.1. The monoisotopic (exact) mass is 451 g/mol. The fourth-order valence-electron chi connectivity index (χ4n) is 3.78. The topological polar surface area (TPSA) is 54.0 Å². The van der Waals surface area contributed by atoms with Gasteiger partial charge in [0.15, 0.2) is 11.5 Å². The van der Waals surface area contributed by atoms with Crippen molar-refractivity contribution in [2.45, 2.75) is 20.3 Å². The number of ether oxygens (including phenoxy) is 2. The van der Waals surface area contributed by atoms with E-state index in [-0.39, 0.29) is 5.91 Å². The summed E-state index contributed by atoms with van der Waals surface area (Å²) >= 11 is 0. The molecule has 0 spiro atoms. The largest absolute Gasteiger partial charge is 0.493 e. The summed E-state index contributed by atoms with van der Waals surface area (Å²) in [7, 11) is 1.62. The van der Waals surface area contributed by atoms with Crippen molar-refractivity contribution >= 4 is 17.7 Å². The molecule has 1 amide bonds. The number of amides is 1. The highest BCUT2D eigenvalue weighted by molar-refractivity contribution is 5.91. The van der Waals surface area contributed by atoms with E-state index in [4.69, 9.17) is 9.47 Å². The van der Waals surface area contributed by atoms with E-state index in [1.807, 2.05) is 18.2 Å². The van der Waals surface area contributed by atoms with Crippen LogP contribution in [0.15, 0.2) is 54.6 Å². The number of benzene rings is 2. The third-order valence-corrected chi connectivity index (χ3v) is 5.63. The highest BCUT2D eigenvalue weighted by atomic mass is 16.5. The van der Waals surface area contributed by atoms with Crippen molar-refractivity contribution in [1.82, 2.24) is 10.2 Å². The van der Waals surface area contributed by atoms with Gasteiger partial charge >= 0.3 is 0 Å². The molecule has 1 aliphatic rings. The zero-order chi connectivity index (χ0) is 23.5. The van der Waals surface area contributed by atoms with Crippen LogP contribution in [0.25, 0.3) is 6.08 Å². The van der Waals surface area contributed by atoms with Gasteiger partial charge in [-0.3, -0.25) is 9.69 Å². The van der Waals surface area contributed by atoms with Gasteiger partial charge in [-0.2, -0.15) is 0 Å².